The molecule has 6 nitrogen and oxygen atoms in total. The van der Waals surface area contributed by atoms with Crippen molar-refractivity contribution in [3.05, 3.63) is 60.8 Å². The smallest absolute Gasteiger partial charge is 0.256 e. The number of carbonyl (C=O) groups is 2. The molecule has 0 spiro atoms. The summed E-state index contributed by atoms with van der Waals surface area (Å²) in [5.74, 6) is -0.415. The molecule has 1 aliphatic heterocycles. The minimum absolute atomic E-state index is 0.0162. The van der Waals surface area contributed by atoms with Crippen molar-refractivity contribution in [3.8, 4) is 0 Å². The van der Waals surface area contributed by atoms with E-state index in [2.05, 4.69) is 10.3 Å². The third kappa shape index (κ3) is 3.68. The van der Waals surface area contributed by atoms with Crippen LogP contribution in [-0.4, -0.2) is 38.4 Å². The van der Waals surface area contributed by atoms with Crippen LogP contribution in [0.5, 0.6) is 0 Å². The SMILES string of the molecule is CC(C)(C)N1C(=S)N(c2ccccc2)C(=O)C1CC(=O)Nc1ccc2cc[nH]c2c1. The monoisotopic (exact) mass is 420 g/mol. The largest absolute Gasteiger partial charge is 0.361 e. The number of rotatable bonds is 4. The first-order chi connectivity index (χ1) is 14.3. The number of H-pyrrole nitrogens is 1. The molecule has 1 fully saturated rings. The molecule has 1 atom stereocenters. The van der Waals surface area contributed by atoms with Gasteiger partial charge in [-0.3, -0.25) is 14.5 Å². The maximum Gasteiger partial charge on any atom is 0.256 e. The van der Waals surface area contributed by atoms with Gasteiger partial charge in [-0.05, 0) is 68.7 Å². The van der Waals surface area contributed by atoms with Gasteiger partial charge in [-0.1, -0.05) is 24.3 Å². The van der Waals surface area contributed by atoms with Crippen molar-refractivity contribution in [2.24, 2.45) is 0 Å². The summed E-state index contributed by atoms with van der Waals surface area (Å²) in [7, 11) is 0. The number of anilines is 2. The number of nitrogens with one attached hydrogen (secondary N) is 2. The van der Waals surface area contributed by atoms with E-state index in [4.69, 9.17) is 12.2 Å². The van der Waals surface area contributed by atoms with Crippen LogP contribution >= 0.6 is 12.2 Å². The molecule has 1 saturated heterocycles. The van der Waals surface area contributed by atoms with Crippen LogP contribution in [0.1, 0.15) is 27.2 Å². The number of aromatic nitrogens is 1. The van der Waals surface area contributed by atoms with Gasteiger partial charge in [-0.25, -0.2) is 0 Å². The molecule has 0 saturated carbocycles. The number of carbonyl (C=O) groups excluding carboxylic acids is 2. The lowest BCUT2D eigenvalue weighted by molar-refractivity contribution is -0.125. The van der Waals surface area contributed by atoms with Gasteiger partial charge in [0.2, 0.25) is 5.91 Å². The first-order valence-electron chi connectivity index (χ1n) is 9.85. The fourth-order valence-corrected chi connectivity index (χ4v) is 4.45. The van der Waals surface area contributed by atoms with Crippen LogP contribution in [0, 0.1) is 0 Å². The van der Waals surface area contributed by atoms with Gasteiger partial charge in [0.25, 0.3) is 5.91 Å². The number of hydrogen-bond donors (Lipinski definition) is 2. The molecule has 1 aliphatic rings. The van der Waals surface area contributed by atoms with Crippen LogP contribution < -0.4 is 10.2 Å². The second-order valence-corrected chi connectivity index (χ2v) is 8.75. The molecule has 4 rings (SSSR count). The van der Waals surface area contributed by atoms with Crippen molar-refractivity contribution in [1.82, 2.24) is 9.88 Å². The quantitative estimate of drug-likeness (QED) is 0.618. The number of para-hydroxylation sites is 1. The molecule has 1 unspecified atom stereocenters. The van der Waals surface area contributed by atoms with Crippen molar-refractivity contribution < 1.29 is 9.59 Å². The number of fused-ring (bicyclic) bond motifs is 1. The first kappa shape index (κ1) is 20.1. The maximum atomic E-state index is 13.3. The molecule has 30 heavy (non-hydrogen) atoms. The summed E-state index contributed by atoms with van der Waals surface area (Å²) in [6, 6.07) is 16.3. The Balaban J connectivity index is 1.57. The predicted molar refractivity (Wildman–Crippen MR) is 123 cm³/mol. The fourth-order valence-electron chi connectivity index (χ4n) is 3.86. The van der Waals surface area contributed by atoms with Crippen LogP contribution in [0.25, 0.3) is 10.9 Å². The van der Waals surface area contributed by atoms with Crippen LogP contribution in [-0.2, 0) is 9.59 Å². The van der Waals surface area contributed by atoms with Gasteiger partial charge in [0.1, 0.15) is 6.04 Å². The molecule has 2 heterocycles. The van der Waals surface area contributed by atoms with Gasteiger partial charge < -0.3 is 15.2 Å². The van der Waals surface area contributed by atoms with Crippen LogP contribution in [0.4, 0.5) is 11.4 Å². The lowest BCUT2D eigenvalue weighted by atomic mass is 10.0. The Labute approximate surface area is 180 Å². The maximum absolute atomic E-state index is 13.3. The molecule has 3 aromatic rings. The Kier molecular flexibility index (Phi) is 5.07. The normalized spacial score (nSPS) is 17.1. The topological polar surface area (TPSA) is 68.4 Å². The minimum atomic E-state index is -0.660. The van der Waals surface area contributed by atoms with Gasteiger partial charge in [-0.15, -0.1) is 0 Å². The third-order valence-electron chi connectivity index (χ3n) is 5.17. The second-order valence-electron chi connectivity index (χ2n) is 8.38. The van der Waals surface area contributed by atoms with E-state index in [-0.39, 0.29) is 18.2 Å². The van der Waals surface area contributed by atoms with Gasteiger partial charge in [0.15, 0.2) is 5.11 Å². The van der Waals surface area contributed by atoms with Crippen LogP contribution in [0.2, 0.25) is 0 Å². The Bertz CT molecular complexity index is 1120. The van der Waals surface area contributed by atoms with E-state index in [0.717, 1.165) is 10.9 Å². The highest BCUT2D eigenvalue weighted by Gasteiger charge is 2.48. The van der Waals surface area contributed by atoms with Crippen molar-refractivity contribution in [2.75, 3.05) is 10.2 Å². The van der Waals surface area contributed by atoms with Gasteiger partial charge in [-0.2, -0.15) is 0 Å². The number of nitrogens with zero attached hydrogens (tertiary/aromatic N) is 2. The second kappa shape index (κ2) is 7.57. The summed E-state index contributed by atoms with van der Waals surface area (Å²) in [5, 5.41) is 4.40. The van der Waals surface area contributed by atoms with Crippen LogP contribution in [0.3, 0.4) is 0 Å². The zero-order valence-electron chi connectivity index (χ0n) is 17.2. The summed E-state index contributed by atoms with van der Waals surface area (Å²) in [4.78, 5) is 32.7. The van der Waals surface area contributed by atoms with E-state index < -0.39 is 11.6 Å². The van der Waals surface area contributed by atoms with Crippen molar-refractivity contribution in [3.63, 3.8) is 0 Å². The minimum Gasteiger partial charge on any atom is -0.361 e. The standard InChI is InChI=1S/C23H24N4O2S/c1-23(2,3)27-19(21(29)26(22(27)30)17-7-5-4-6-8-17)14-20(28)25-16-10-9-15-11-12-24-18(15)13-16/h4-13,19,24H,14H2,1-3H3,(H,25,28). The molecule has 0 bridgehead atoms. The van der Waals surface area contributed by atoms with E-state index in [1.807, 2.05) is 86.5 Å². The van der Waals surface area contributed by atoms with Crippen molar-refractivity contribution >= 4 is 51.4 Å². The predicted octanol–water partition coefficient (Wildman–Crippen LogP) is 4.30. The Morgan fingerprint density at radius 2 is 1.87 bits per heavy atom. The molecular formula is C23H24N4O2S. The summed E-state index contributed by atoms with van der Waals surface area (Å²) in [6.07, 6.45) is 1.87. The highest BCUT2D eigenvalue weighted by molar-refractivity contribution is 7.80. The van der Waals surface area contributed by atoms with E-state index in [9.17, 15) is 9.59 Å². The Morgan fingerprint density at radius 3 is 2.57 bits per heavy atom. The summed E-state index contributed by atoms with van der Waals surface area (Å²) >= 11 is 5.67. The molecule has 154 valence electrons. The number of benzene rings is 2. The van der Waals surface area contributed by atoms with Crippen molar-refractivity contribution in [2.45, 2.75) is 38.8 Å². The molecule has 2 N–H and O–H groups in total. The average Bonchev–Trinajstić information content (AvgIpc) is 3.24. The number of amides is 2. The third-order valence-corrected chi connectivity index (χ3v) is 5.55. The summed E-state index contributed by atoms with van der Waals surface area (Å²) in [6.45, 7) is 5.97. The molecule has 1 aromatic heterocycles. The molecule has 0 radical (unpaired) electrons. The lowest BCUT2D eigenvalue weighted by Gasteiger charge is -2.36. The van der Waals surface area contributed by atoms with Gasteiger partial charge in [0.05, 0.1) is 12.1 Å². The number of thiocarbonyl (C=S) groups is 1. The summed E-state index contributed by atoms with van der Waals surface area (Å²) < 4.78 is 0. The zero-order chi connectivity index (χ0) is 21.5. The van der Waals surface area contributed by atoms with E-state index >= 15 is 0 Å². The van der Waals surface area contributed by atoms with Gasteiger partial charge >= 0.3 is 0 Å². The van der Waals surface area contributed by atoms with Crippen LogP contribution in [0.15, 0.2) is 60.8 Å². The lowest BCUT2D eigenvalue weighted by Crippen LogP contribution is -2.49. The molecule has 2 aromatic carbocycles. The summed E-state index contributed by atoms with van der Waals surface area (Å²) in [5.41, 5.74) is 1.93. The fraction of sp³-hybridized carbons (Fsp3) is 0.261. The highest BCUT2D eigenvalue weighted by atomic mass is 32.1. The Morgan fingerprint density at radius 1 is 1.13 bits per heavy atom. The van der Waals surface area contributed by atoms with Crippen molar-refractivity contribution in [1.29, 1.82) is 0 Å². The number of aromatic amines is 1. The highest BCUT2D eigenvalue weighted by Crippen LogP contribution is 2.32. The molecule has 0 aliphatic carbocycles. The molecule has 7 heteroatoms. The van der Waals surface area contributed by atoms with E-state index in [1.54, 1.807) is 0 Å². The van der Waals surface area contributed by atoms with E-state index in [1.165, 1.54) is 4.90 Å². The molecule has 2 amide bonds. The van der Waals surface area contributed by atoms with Gasteiger partial charge in [0, 0.05) is 22.9 Å². The first-order valence-corrected chi connectivity index (χ1v) is 10.3. The molecular weight excluding hydrogens is 396 g/mol. The number of hydrogen-bond acceptors (Lipinski definition) is 3. The van der Waals surface area contributed by atoms with E-state index in [0.29, 0.717) is 16.5 Å². The Hall–Kier alpha value is -3.19. The zero-order valence-corrected chi connectivity index (χ0v) is 18.0. The average molecular weight is 421 g/mol.